The number of amides is 2. The summed E-state index contributed by atoms with van der Waals surface area (Å²) >= 11 is 0. The average molecular weight is 471 g/mol. The van der Waals surface area contributed by atoms with Crippen LogP contribution in [0.2, 0.25) is 0 Å². The van der Waals surface area contributed by atoms with Crippen LogP contribution in [0, 0.1) is 6.92 Å². The van der Waals surface area contributed by atoms with Gasteiger partial charge in [-0.3, -0.25) is 9.59 Å². The Morgan fingerprint density at radius 3 is 2.63 bits per heavy atom. The number of carbonyl (C=O) groups is 2. The summed E-state index contributed by atoms with van der Waals surface area (Å²) in [7, 11) is 5.74. The van der Waals surface area contributed by atoms with Crippen molar-refractivity contribution in [3.8, 4) is 16.9 Å². The minimum absolute atomic E-state index is 0.0322. The normalized spacial score (nSPS) is 18.3. The molecular formula is C28H30N4O3. The van der Waals surface area contributed by atoms with E-state index in [1.807, 2.05) is 77.3 Å². The molecule has 3 aromatic rings. The summed E-state index contributed by atoms with van der Waals surface area (Å²) in [5, 5.41) is 2.98. The van der Waals surface area contributed by atoms with E-state index in [1.54, 1.807) is 7.11 Å². The van der Waals surface area contributed by atoms with Gasteiger partial charge in [0, 0.05) is 48.5 Å². The van der Waals surface area contributed by atoms with Gasteiger partial charge in [-0.1, -0.05) is 24.3 Å². The van der Waals surface area contributed by atoms with E-state index in [-0.39, 0.29) is 11.8 Å². The number of hydrogen-bond acceptors (Lipinski definition) is 4. The maximum atomic E-state index is 13.2. The molecule has 5 rings (SSSR count). The van der Waals surface area contributed by atoms with Crippen LogP contribution in [0.3, 0.4) is 0 Å². The summed E-state index contributed by atoms with van der Waals surface area (Å²) in [6.45, 7) is 3.44. The van der Waals surface area contributed by atoms with Crippen LogP contribution in [0.4, 0.5) is 5.69 Å². The van der Waals surface area contributed by atoms with Crippen molar-refractivity contribution >= 4 is 29.3 Å². The number of hydrogen-bond donors (Lipinski definition) is 1. The lowest BCUT2D eigenvalue weighted by Crippen LogP contribution is -2.34. The van der Waals surface area contributed by atoms with Gasteiger partial charge in [-0.2, -0.15) is 0 Å². The van der Waals surface area contributed by atoms with Crippen LogP contribution in [0.15, 0.2) is 54.7 Å². The molecule has 1 atom stereocenters. The SMILES string of the molecule is COc1ccc(-c2cccc3c2C(=Cn2cc(C(=O)N4CC[C@@H](N(C)C)C4)cc2C)C(=O)N3)cc1. The number of benzene rings is 2. The lowest BCUT2D eigenvalue weighted by atomic mass is 9.95. The molecule has 2 aliphatic rings. The van der Waals surface area contributed by atoms with Gasteiger partial charge in [-0.25, -0.2) is 0 Å². The molecule has 3 heterocycles. The van der Waals surface area contributed by atoms with Crippen LogP contribution in [0.25, 0.3) is 22.9 Å². The minimum Gasteiger partial charge on any atom is -0.497 e. The first-order valence-corrected chi connectivity index (χ1v) is 11.8. The first-order chi connectivity index (χ1) is 16.9. The second-order valence-electron chi connectivity index (χ2n) is 9.39. The van der Waals surface area contributed by atoms with Crippen LogP contribution in [-0.4, -0.2) is 66.5 Å². The highest BCUT2D eigenvalue weighted by molar-refractivity contribution is 6.35. The fourth-order valence-electron chi connectivity index (χ4n) is 4.90. The number of aromatic nitrogens is 1. The Hall–Kier alpha value is -3.84. The molecule has 0 unspecified atom stereocenters. The van der Waals surface area contributed by atoms with E-state index in [2.05, 4.69) is 24.3 Å². The van der Waals surface area contributed by atoms with Crippen LogP contribution in [0.5, 0.6) is 5.75 Å². The summed E-state index contributed by atoms with van der Waals surface area (Å²) in [5.74, 6) is 0.654. The number of fused-ring (bicyclic) bond motifs is 1. The van der Waals surface area contributed by atoms with Crippen LogP contribution < -0.4 is 10.1 Å². The van der Waals surface area contributed by atoms with Gasteiger partial charge in [0.2, 0.25) is 0 Å². The number of nitrogens with one attached hydrogen (secondary N) is 1. The monoisotopic (exact) mass is 470 g/mol. The minimum atomic E-state index is -0.157. The number of likely N-dealkylation sites (N-methyl/N-ethyl adjacent to an activating group) is 1. The Morgan fingerprint density at radius 1 is 1.17 bits per heavy atom. The van der Waals surface area contributed by atoms with Crippen molar-refractivity contribution in [1.29, 1.82) is 0 Å². The van der Waals surface area contributed by atoms with Crippen LogP contribution in [0.1, 0.15) is 28.0 Å². The molecule has 1 fully saturated rings. The lowest BCUT2D eigenvalue weighted by molar-refractivity contribution is -0.110. The Kier molecular flexibility index (Phi) is 5.94. The van der Waals surface area contributed by atoms with E-state index in [4.69, 9.17) is 4.74 Å². The van der Waals surface area contributed by atoms with Gasteiger partial charge in [0.25, 0.3) is 11.8 Å². The van der Waals surface area contributed by atoms with Crippen molar-refractivity contribution in [3.63, 3.8) is 0 Å². The van der Waals surface area contributed by atoms with Gasteiger partial charge in [0.15, 0.2) is 0 Å². The maximum Gasteiger partial charge on any atom is 0.257 e. The topological polar surface area (TPSA) is 66.8 Å². The number of nitrogens with zero attached hydrogens (tertiary/aromatic N) is 3. The molecule has 0 saturated carbocycles. The highest BCUT2D eigenvalue weighted by Gasteiger charge is 2.30. The molecule has 2 amide bonds. The summed E-state index contributed by atoms with van der Waals surface area (Å²) in [5.41, 5.74) is 5.70. The van der Waals surface area contributed by atoms with Gasteiger partial charge < -0.3 is 24.4 Å². The summed E-state index contributed by atoms with van der Waals surface area (Å²) in [4.78, 5) is 30.2. The number of ether oxygens (including phenoxy) is 1. The van der Waals surface area contributed by atoms with E-state index >= 15 is 0 Å². The Balaban J connectivity index is 1.48. The Morgan fingerprint density at radius 2 is 1.94 bits per heavy atom. The predicted molar refractivity (Wildman–Crippen MR) is 138 cm³/mol. The Labute approximate surface area is 205 Å². The molecule has 7 nitrogen and oxygen atoms in total. The van der Waals surface area contributed by atoms with E-state index < -0.39 is 0 Å². The summed E-state index contributed by atoms with van der Waals surface area (Å²) < 4.78 is 7.17. The Bertz CT molecular complexity index is 1320. The van der Waals surface area contributed by atoms with Gasteiger partial charge in [-0.15, -0.1) is 0 Å². The second kappa shape index (κ2) is 9.07. The fraction of sp³-hybridized carbons (Fsp3) is 0.286. The molecule has 1 aromatic heterocycles. The van der Waals surface area contributed by atoms with E-state index in [1.165, 1.54) is 0 Å². The third-order valence-electron chi connectivity index (χ3n) is 6.97. The quantitative estimate of drug-likeness (QED) is 0.568. The van der Waals surface area contributed by atoms with Crippen molar-refractivity contribution in [1.82, 2.24) is 14.4 Å². The van der Waals surface area contributed by atoms with E-state index in [9.17, 15) is 9.59 Å². The zero-order valence-electron chi connectivity index (χ0n) is 20.5. The fourth-order valence-corrected chi connectivity index (χ4v) is 4.90. The second-order valence-corrected chi connectivity index (χ2v) is 9.39. The molecule has 0 spiro atoms. The van der Waals surface area contributed by atoms with Gasteiger partial charge in [0.1, 0.15) is 5.75 Å². The molecular weight excluding hydrogens is 440 g/mol. The van der Waals surface area contributed by atoms with E-state index in [0.29, 0.717) is 17.2 Å². The van der Waals surface area contributed by atoms with Crippen molar-refractivity contribution in [2.75, 3.05) is 39.6 Å². The molecule has 1 saturated heterocycles. The van der Waals surface area contributed by atoms with Crippen molar-refractivity contribution < 1.29 is 14.3 Å². The standard InChI is InChI=1S/C28H30N4O3/c1-18-14-20(28(34)31-13-12-21(16-31)30(2)3)15-32(18)17-24-26-23(6-5-7-25(26)29-27(24)33)19-8-10-22(35-4)11-9-19/h5-11,14-15,17,21H,12-13,16H2,1-4H3,(H,29,33)/t21-/m1/s1. The zero-order valence-corrected chi connectivity index (χ0v) is 20.5. The van der Waals surface area contributed by atoms with Crippen LogP contribution >= 0.6 is 0 Å². The molecule has 0 bridgehead atoms. The largest absolute Gasteiger partial charge is 0.497 e. The predicted octanol–water partition coefficient (Wildman–Crippen LogP) is 4.20. The zero-order chi connectivity index (χ0) is 24.7. The number of carbonyl (C=O) groups excluding carboxylic acids is 2. The van der Waals surface area contributed by atoms with E-state index in [0.717, 1.165) is 53.3 Å². The van der Waals surface area contributed by atoms with Crippen molar-refractivity contribution in [2.24, 2.45) is 0 Å². The number of methoxy groups -OCH3 is 1. The van der Waals surface area contributed by atoms with Gasteiger partial charge >= 0.3 is 0 Å². The highest BCUT2D eigenvalue weighted by atomic mass is 16.5. The molecule has 0 aliphatic carbocycles. The summed E-state index contributed by atoms with van der Waals surface area (Å²) in [6.07, 6.45) is 4.63. The molecule has 180 valence electrons. The lowest BCUT2D eigenvalue weighted by Gasteiger charge is -2.20. The molecule has 1 N–H and O–H groups in total. The number of aryl methyl sites for hydroxylation is 1. The molecule has 7 heteroatoms. The smallest absolute Gasteiger partial charge is 0.257 e. The number of anilines is 1. The number of rotatable bonds is 5. The van der Waals surface area contributed by atoms with Gasteiger partial charge in [-0.05, 0) is 62.8 Å². The maximum absolute atomic E-state index is 13.2. The molecule has 35 heavy (non-hydrogen) atoms. The van der Waals surface area contributed by atoms with Crippen molar-refractivity contribution in [3.05, 3.63) is 71.5 Å². The molecule has 2 aromatic carbocycles. The highest BCUT2D eigenvalue weighted by Crippen LogP contribution is 2.40. The first kappa shape index (κ1) is 22.9. The van der Waals surface area contributed by atoms with Crippen molar-refractivity contribution in [2.45, 2.75) is 19.4 Å². The van der Waals surface area contributed by atoms with Gasteiger partial charge in [0.05, 0.1) is 18.2 Å². The number of likely N-dealkylation sites (tertiary alicyclic amines) is 1. The van der Waals surface area contributed by atoms with Crippen LogP contribution in [-0.2, 0) is 4.79 Å². The molecule has 0 radical (unpaired) electrons. The third-order valence-corrected chi connectivity index (χ3v) is 6.97. The third kappa shape index (κ3) is 4.23. The first-order valence-electron chi connectivity index (χ1n) is 11.8. The molecule has 2 aliphatic heterocycles. The summed E-state index contributed by atoms with van der Waals surface area (Å²) in [6, 6.07) is 16.0. The average Bonchev–Trinajstić information content (AvgIpc) is 3.57.